The van der Waals surface area contributed by atoms with Crippen LogP contribution in [-0.4, -0.2) is 43.4 Å². The van der Waals surface area contributed by atoms with E-state index in [1.165, 1.54) is 0 Å². The van der Waals surface area contributed by atoms with Crippen molar-refractivity contribution in [1.82, 2.24) is 4.90 Å². The Kier molecular flexibility index (Phi) is 6.36. The van der Waals surface area contributed by atoms with E-state index in [1.54, 1.807) is 11.9 Å². The van der Waals surface area contributed by atoms with Crippen LogP contribution in [0.2, 0.25) is 0 Å². The summed E-state index contributed by atoms with van der Waals surface area (Å²) in [7, 11) is 1.76. The lowest BCUT2D eigenvalue weighted by atomic mass is 10.5. The number of hydrogen-bond acceptors (Lipinski definition) is 3. The van der Waals surface area contributed by atoms with Crippen LogP contribution in [0.5, 0.6) is 0 Å². The summed E-state index contributed by atoms with van der Waals surface area (Å²) >= 11 is 3.95. The van der Waals surface area contributed by atoms with Gasteiger partial charge in [-0.05, 0) is 6.92 Å². The van der Waals surface area contributed by atoms with Crippen LogP contribution in [0.25, 0.3) is 0 Å². The van der Waals surface area contributed by atoms with Crippen molar-refractivity contribution in [2.24, 2.45) is 0 Å². The van der Waals surface area contributed by atoms with Gasteiger partial charge >= 0.3 is 0 Å². The van der Waals surface area contributed by atoms with Gasteiger partial charge in [0.25, 0.3) is 0 Å². The Hall–Kier alpha value is -0.220. The van der Waals surface area contributed by atoms with E-state index in [0.29, 0.717) is 12.4 Å². The minimum Gasteiger partial charge on any atom is -0.371 e. The maximum atomic E-state index is 11.0. The number of rotatable bonds is 5. The lowest BCUT2D eigenvalue weighted by Gasteiger charge is -2.13. The summed E-state index contributed by atoms with van der Waals surface area (Å²) in [6.45, 7) is 3.36. The topological polar surface area (TPSA) is 29.5 Å². The smallest absolute Gasteiger partial charge is 0.248 e. The molecule has 4 heteroatoms. The highest BCUT2D eigenvalue weighted by Gasteiger charge is 2.04. The molecule has 66 valence electrons. The number of likely N-dealkylation sites (N-methyl/N-ethyl adjacent to an activating group) is 1. The Morgan fingerprint density at radius 3 is 2.73 bits per heavy atom. The predicted octanol–water partition coefficient (Wildman–Crippen LogP) is 0.411. The van der Waals surface area contributed by atoms with Crippen LogP contribution in [0, 0.1) is 0 Å². The van der Waals surface area contributed by atoms with Crippen molar-refractivity contribution in [3.8, 4) is 0 Å². The quantitative estimate of drug-likeness (QED) is 0.487. The normalized spacial score (nSPS) is 9.73. The molecule has 11 heavy (non-hydrogen) atoms. The average molecular weight is 177 g/mol. The van der Waals surface area contributed by atoms with Gasteiger partial charge in [-0.1, -0.05) is 0 Å². The van der Waals surface area contributed by atoms with Crippen molar-refractivity contribution in [3.05, 3.63) is 0 Å². The van der Waals surface area contributed by atoms with Crippen LogP contribution in [-0.2, 0) is 9.53 Å². The van der Waals surface area contributed by atoms with Crippen molar-refractivity contribution in [2.45, 2.75) is 6.92 Å². The van der Waals surface area contributed by atoms with Gasteiger partial charge in [-0.15, -0.1) is 0 Å². The molecule has 0 aliphatic rings. The molecule has 0 spiro atoms. The molecule has 0 atom stereocenters. The van der Waals surface area contributed by atoms with E-state index < -0.39 is 0 Å². The molecule has 0 aliphatic carbocycles. The molecule has 0 aliphatic heterocycles. The van der Waals surface area contributed by atoms with E-state index >= 15 is 0 Å². The number of ether oxygens (including phenoxy) is 1. The third-order valence-electron chi connectivity index (χ3n) is 1.36. The van der Waals surface area contributed by atoms with Gasteiger partial charge < -0.3 is 9.64 Å². The minimum absolute atomic E-state index is 0.0225. The second-order valence-corrected chi connectivity index (χ2v) is 2.63. The Morgan fingerprint density at radius 1 is 1.64 bits per heavy atom. The molecule has 0 bridgehead atoms. The molecule has 0 saturated heterocycles. The maximum Gasteiger partial charge on any atom is 0.248 e. The molecule has 3 nitrogen and oxygen atoms in total. The SMILES string of the molecule is CCN(C)C(=O)COCCS. The summed E-state index contributed by atoms with van der Waals surface area (Å²) < 4.78 is 5.00. The van der Waals surface area contributed by atoms with Crippen LogP contribution in [0.3, 0.4) is 0 Å². The standard InChI is InChI=1S/C7H15NO2S/c1-3-8(2)7(9)6-10-4-5-11/h11H,3-6H2,1-2H3. The minimum atomic E-state index is 0.0225. The monoisotopic (exact) mass is 177 g/mol. The van der Waals surface area contributed by atoms with Gasteiger partial charge in [0.2, 0.25) is 5.91 Å². The zero-order chi connectivity index (χ0) is 8.69. The number of hydrogen-bond donors (Lipinski definition) is 1. The van der Waals surface area contributed by atoms with Gasteiger partial charge in [0.15, 0.2) is 0 Å². The fourth-order valence-electron chi connectivity index (χ4n) is 0.511. The molecule has 0 N–H and O–H groups in total. The van der Waals surface area contributed by atoms with E-state index in [2.05, 4.69) is 12.6 Å². The van der Waals surface area contributed by atoms with Crippen LogP contribution in [0.4, 0.5) is 0 Å². The molecule has 0 aromatic rings. The lowest BCUT2D eigenvalue weighted by Crippen LogP contribution is -2.30. The average Bonchev–Trinajstić information content (AvgIpc) is 2.03. The molecule has 0 fully saturated rings. The second-order valence-electron chi connectivity index (χ2n) is 2.18. The Morgan fingerprint density at radius 2 is 2.27 bits per heavy atom. The first-order chi connectivity index (χ1) is 5.22. The number of thiol groups is 1. The van der Waals surface area contributed by atoms with Crippen LogP contribution >= 0.6 is 12.6 Å². The van der Waals surface area contributed by atoms with Crippen molar-refractivity contribution in [2.75, 3.05) is 32.6 Å². The molecule has 0 unspecified atom stereocenters. The highest BCUT2D eigenvalue weighted by atomic mass is 32.1. The molecule has 0 aromatic heterocycles. The molecular weight excluding hydrogens is 162 g/mol. The predicted molar refractivity (Wildman–Crippen MR) is 48.0 cm³/mol. The molecule has 0 heterocycles. The second kappa shape index (κ2) is 6.49. The zero-order valence-corrected chi connectivity index (χ0v) is 7.93. The van der Waals surface area contributed by atoms with Gasteiger partial charge in [-0.2, -0.15) is 12.6 Å². The van der Waals surface area contributed by atoms with Gasteiger partial charge in [-0.25, -0.2) is 0 Å². The Labute approximate surface area is 73.1 Å². The highest BCUT2D eigenvalue weighted by Crippen LogP contribution is 1.85. The molecule has 1 amide bonds. The number of amides is 1. The summed E-state index contributed by atoms with van der Waals surface area (Å²) in [5, 5.41) is 0. The zero-order valence-electron chi connectivity index (χ0n) is 7.04. The van der Waals surface area contributed by atoms with E-state index in [1.807, 2.05) is 6.92 Å². The lowest BCUT2D eigenvalue weighted by molar-refractivity contribution is -0.134. The Bertz CT molecular complexity index is 119. The third-order valence-corrected chi connectivity index (χ3v) is 1.54. The van der Waals surface area contributed by atoms with Crippen LogP contribution in [0.15, 0.2) is 0 Å². The van der Waals surface area contributed by atoms with Crippen molar-refractivity contribution in [1.29, 1.82) is 0 Å². The van der Waals surface area contributed by atoms with E-state index in [-0.39, 0.29) is 12.5 Å². The highest BCUT2D eigenvalue weighted by molar-refractivity contribution is 7.80. The third kappa shape index (κ3) is 5.09. The number of carbonyl (C=O) groups is 1. The summed E-state index contributed by atoms with van der Waals surface area (Å²) in [4.78, 5) is 12.6. The molecule has 0 radical (unpaired) electrons. The van der Waals surface area contributed by atoms with E-state index in [0.717, 1.165) is 6.54 Å². The molecule has 0 aromatic carbocycles. The van der Waals surface area contributed by atoms with Crippen molar-refractivity contribution < 1.29 is 9.53 Å². The first-order valence-corrected chi connectivity index (χ1v) is 4.28. The van der Waals surface area contributed by atoms with Gasteiger partial charge in [-0.3, -0.25) is 4.79 Å². The van der Waals surface area contributed by atoms with Crippen molar-refractivity contribution >= 4 is 18.5 Å². The van der Waals surface area contributed by atoms with Gasteiger partial charge in [0.1, 0.15) is 6.61 Å². The number of nitrogens with zero attached hydrogens (tertiary/aromatic N) is 1. The fourth-order valence-corrected chi connectivity index (χ4v) is 0.640. The van der Waals surface area contributed by atoms with Crippen LogP contribution in [0.1, 0.15) is 6.92 Å². The van der Waals surface area contributed by atoms with E-state index in [4.69, 9.17) is 4.74 Å². The Balaban J connectivity index is 3.36. The first kappa shape index (κ1) is 10.8. The summed E-state index contributed by atoms with van der Waals surface area (Å²) in [6.07, 6.45) is 0. The van der Waals surface area contributed by atoms with Crippen molar-refractivity contribution in [3.63, 3.8) is 0 Å². The first-order valence-electron chi connectivity index (χ1n) is 3.65. The molecular formula is C7H15NO2S. The fraction of sp³-hybridized carbons (Fsp3) is 0.857. The molecule has 0 saturated carbocycles. The maximum absolute atomic E-state index is 11.0. The summed E-state index contributed by atoms with van der Waals surface area (Å²) in [5.41, 5.74) is 0. The van der Waals surface area contributed by atoms with E-state index in [9.17, 15) is 4.79 Å². The number of carbonyl (C=O) groups excluding carboxylic acids is 1. The summed E-state index contributed by atoms with van der Waals surface area (Å²) in [6, 6.07) is 0. The largest absolute Gasteiger partial charge is 0.371 e. The van der Waals surface area contributed by atoms with Crippen LogP contribution < -0.4 is 0 Å². The van der Waals surface area contributed by atoms with Gasteiger partial charge in [0, 0.05) is 19.3 Å². The van der Waals surface area contributed by atoms with Gasteiger partial charge in [0.05, 0.1) is 6.61 Å². The summed E-state index contributed by atoms with van der Waals surface area (Å²) in [5.74, 6) is 0.678. The molecule has 0 rings (SSSR count).